The zero-order valence-electron chi connectivity index (χ0n) is 17.2. The quantitative estimate of drug-likeness (QED) is 0.655. The maximum Gasteiger partial charge on any atom is 0.325 e. The van der Waals surface area contributed by atoms with Gasteiger partial charge in [-0.25, -0.2) is 9.18 Å². The van der Waals surface area contributed by atoms with Crippen LogP contribution in [0.1, 0.15) is 37.8 Å². The number of urea groups is 1. The highest BCUT2D eigenvalue weighted by Gasteiger charge is 2.51. The van der Waals surface area contributed by atoms with Gasteiger partial charge in [-0.15, -0.1) is 0 Å². The monoisotopic (exact) mass is 411 g/mol. The van der Waals surface area contributed by atoms with Crippen molar-refractivity contribution in [2.45, 2.75) is 44.7 Å². The number of amides is 4. The molecule has 7 heteroatoms. The van der Waals surface area contributed by atoms with Crippen molar-refractivity contribution in [3.8, 4) is 0 Å². The second-order valence-corrected chi connectivity index (χ2v) is 7.58. The van der Waals surface area contributed by atoms with Crippen LogP contribution in [0, 0.1) is 5.82 Å². The Kier molecular flexibility index (Phi) is 6.50. The summed E-state index contributed by atoms with van der Waals surface area (Å²) in [5, 5.41) is 5.54. The summed E-state index contributed by atoms with van der Waals surface area (Å²) in [4.78, 5) is 38.9. The predicted molar refractivity (Wildman–Crippen MR) is 111 cm³/mol. The Hall–Kier alpha value is -3.22. The maximum atomic E-state index is 13.3. The van der Waals surface area contributed by atoms with E-state index in [9.17, 15) is 18.8 Å². The Balaban J connectivity index is 1.61. The Morgan fingerprint density at radius 3 is 2.43 bits per heavy atom. The molecule has 0 aliphatic carbocycles. The summed E-state index contributed by atoms with van der Waals surface area (Å²) in [5.74, 6) is -1.33. The second-order valence-electron chi connectivity index (χ2n) is 7.58. The fourth-order valence-electron chi connectivity index (χ4n) is 3.71. The zero-order chi connectivity index (χ0) is 21.7. The number of nitrogens with zero attached hydrogens (tertiary/aromatic N) is 1. The number of carbonyl (C=O) groups excluding carboxylic acids is 3. The number of carbonyl (C=O) groups is 3. The third-order valence-electron chi connectivity index (χ3n) is 5.46. The van der Waals surface area contributed by atoms with Crippen molar-refractivity contribution in [2.24, 2.45) is 0 Å². The zero-order valence-corrected chi connectivity index (χ0v) is 17.2. The first-order chi connectivity index (χ1) is 14.4. The van der Waals surface area contributed by atoms with Crippen molar-refractivity contribution in [3.05, 3.63) is 71.5 Å². The molecule has 0 spiro atoms. The Bertz CT molecular complexity index is 917. The van der Waals surface area contributed by atoms with Crippen LogP contribution in [0.15, 0.2) is 54.6 Å². The molecule has 2 atom stereocenters. The van der Waals surface area contributed by atoms with Crippen molar-refractivity contribution < 1.29 is 18.8 Å². The topological polar surface area (TPSA) is 78.5 Å². The first-order valence-electron chi connectivity index (χ1n) is 10.1. The van der Waals surface area contributed by atoms with E-state index in [0.717, 1.165) is 17.7 Å². The van der Waals surface area contributed by atoms with Gasteiger partial charge in [0.05, 0.1) is 0 Å². The van der Waals surface area contributed by atoms with Crippen LogP contribution in [0.25, 0.3) is 0 Å². The minimum Gasteiger partial charge on any atom is -0.352 e. The maximum absolute atomic E-state index is 13.3. The van der Waals surface area contributed by atoms with Crippen molar-refractivity contribution in [1.29, 1.82) is 0 Å². The molecule has 2 aromatic carbocycles. The molecule has 0 bridgehead atoms. The molecule has 1 fully saturated rings. The summed E-state index contributed by atoms with van der Waals surface area (Å²) in [5.41, 5.74) is 0.382. The number of benzene rings is 2. The fourth-order valence-corrected chi connectivity index (χ4v) is 3.71. The molecule has 0 radical (unpaired) electrons. The molecule has 0 unspecified atom stereocenters. The first-order valence-corrected chi connectivity index (χ1v) is 10.1. The van der Waals surface area contributed by atoms with Gasteiger partial charge in [-0.2, -0.15) is 0 Å². The van der Waals surface area contributed by atoms with Gasteiger partial charge in [-0.3, -0.25) is 14.5 Å². The van der Waals surface area contributed by atoms with Crippen LogP contribution < -0.4 is 10.6 Å². The summed E-state index contributed by atoms with van der Waals surface area (Å²) in [7, 11) is 0. The average Bonchev–Trinajstić information content (AvgIpc) is 2.98. The van der Waals surface area contributed by atoms with Crippen LogP contribution in [0.2, 0.25) is 0 Å². The van der Waals surface area contributed by atoms with Gasteiger partial charge in [-0.05, 0) is 49.4 Å². The van der Waals surface area contributed by atoms with E-state index < -0.39 is 29.2 Å². The van der Waals surface area contributed by atoms with Gasteiger partial charge in [0.2, 0.25) is 5.91 Å². The van der Waals surface area contributed by atoms with Crippen LogP contribution in [-0.2, 0) is 21.5 Å². The summed E-state index contributed by atoms with van der Waals surface area (Å²) in [6, 6.07) is 14.7. The highest BCUT2D eigenvalue weighted by molar-refractivity contribution is 6.09. The highest BCUT2D eigenvalue weighted by atomic mass is 19.1. The number of halogens is 1. The average molecular weight is 411 g/mol. The minimum atomic E-state index is -1.29. The van der Waals surface area contributed by atoms with E-state index in [4.69, 9.17) is 0 Å². The lowest BCUT2D eigenvalue weighted by Gasteiger charge is -2.25. The SMILES string of the molecule is CC[C@@]1(c2ccc(F)cc2)NC(=O)N(CC(=O)N[C@@H](C)CCc2ccccc2)C1=O. The number of hydrogen-bond acceptors (Lipinski definition) is 3. The van der Waals surface area contributed by atoms with Gasteiger partial charge >= 0.3 is 6.03 Å². The van der Waals surface area contributed by atoms with E-state index in [1.54, 1.807) is 6.92 Å². The van der Waals surface area contributed by atoms with Crippen LogP contribution in [0.5, 0.6) is 0 Å². The van der Waals surface area contributed by atoms with Gasteiger partial charge in [-0.1, -0.05) is 49.4 Å². The van der Waals surface area contributed by atoms with Crippen LogP contribution in [0.4, 0.5) is 9.18 Å². The summed E-state index contributed by atoms with van der Waals surface area (Å²) >= 11 is 0. The molecule has 1 aliphatic rings. The van der Waals surface area contributed by atoms with Crippen molar-refractivity contribution >= 4 is 17.8 Å². The number of hydrogen-bond donors (Lipinski definition) is 2. The lowest BCUT2D eigenvalue weighted by atomic mass is 9.87. The molecule has 1 heterocycles. The standard InChI is InChI=1S/C23H26FN3O3/c1-3-23(18-11-13-19(24)14-12-18)21(29)27(22(30)26-23)15-20(28)25-16(2)9-10-17-7-5-4-6-8-17/h4-8,11-14,16H,3,9-10,15H2,1-2H3,(H,25,28)(H,26,30)/t16-,23-/m0/s1. The molecule has 2 N–H and O–H groups in total. The van der Waals surface area contributed by atoms with Crippen LogP contribution >= 0.6 is 0 Å². The molecule has 2 aromatic rings. The van der Waals surface area contributed by atoms with Crippen LogP contribution in [-0.4, -0.2) is 35.3 Å². The normalized spacial score (nSPS) is 19.5. The van der Waals surface area contributed by atoms with Crippen molar-refractivity contribution in [2.75, 3.05) is 6.54 Å². The largest absolute Gasteiger partial charge is 0.352 e. The molecule has 6 nitrogen and oxygen atoms in total. The first kappa shape index (κ1) is 21.5. The number of rotatable bonds is 8. The fraction of sp³-hybridized carbons (Fsp3) is 0.348. The van der Waals surface area contributed by atoms with Gasteiger partial charge in [0.25, 0.3) is 5.91 Å². The molecule has 4 amide bonds. The second kappa shape index (κ2) is 9.07. The molecule has 1 aliphatic heterocycles. The van der Waals surface area contributed by atoms with E-state index in [0.29, 0.717) is 5.56 Å². The number of imide groups is 1. The molecule has 0 aromatic heterocycles. The third-order valence-corrected chi connectivity index (χ3v) is 5.46. The van der Waals surface area contributed by atoms with E-state index in [2.05, 4.69) is 10.6 Å². The highest BCUT2D eigenvalue weighted by Crippen LogP contribution is 2.32. The molecule has 30 heavy (non-hydrogen) atoms. The summed E-state index contributed by atoms with van der Waals surface area (Å²) in [6.45, 7) is 3.29. The van der Waals surface area contributed by atoms with E-state index in [1.807, 2.05) is 37.3 Å². The number of nitrogens with one attached hydrogen (secondary N) is 2. The van der Waals surface area contributed by atoms with Crippen molar-refractivity contribution in [3.63, 3.8) is 0 Å². The molecule has 3 rings (SSSR count). The predicted octanol–water partition coefficient (Wildman–Crippen LogP) is 3.12. The van der Waals surface area contributed by atoms with Gasteiger partial charge in [0.1, 0.15) is 17.9 Å². The van der Waals surface area contributed by atoms with Gasteiger partial charge in [0.15, 0.2) is 0 Å². The van der Waals surface area contributed by atoms with Gasteiger partial charge in [0, 0.05) is 6.04 Å². The Morgan fingerprint density at radius 1 is 1.13 bits per heavy atom. The lowest BCUT2D eigenvalue weighted by Crippen LogP contribution is -2.46. The third kappa shape index (κ3) is 4.50. The molecular weight excluding hydrogens is 385 g/mol. The lowest BCUT2D eigenvalue weighted by molar-refractivity contribution is -0.135. The van der Waals surface area contributed by atoms with E-state index in [-0.39, 0.29) is 19.0 Å². The van der Waals surface area contributed by atoms with E-state index in [1.165, 1.54) is 29.8 Å². The summed E-state index contributed by atoms with van der Waals surface area (Å²) < 4.78 is 13.3. The van der Waals surface area contributed by atoms with Crippen molar-refractivity contribution in [1.82, 2.24) is 15.5 Å². The Morgan fingerprint density at radius 2 is 1.80 bits per heavy atom. The Labute approximate surface area is 175 Å². The summed E-state index contributed by atoms with van der Waals surface area (Å²) in [6.07, 6.45) is 1.84. The molecule has 158 valence electrons. The molecule has 1 saturated heterocycles. The smallest absolute Gasteiger partial charge is 0.325 e. The van der Waals surface area contributed by atoms with Crippen LogP contribution in [0.3, 0.4) is 0 Å². The minimum absolute atomic E-state index is 0.105. The number of aryl methyl sites for hydroxylation is 1. The molecule has 0 saturated carbocycles. The molecular formula is C23H26FN3O3. The van der Waals surface area contributed by atoms with Gasteiger partial charge < -0.3 is 10.6 Å². The van der Waals surface area contributed by atoms with E-state index >= 15 is 0 Å².